The number of carboxylic acid groups (broad SMARTS) is 1. The van der Waals surface area contributed by atoms with Crippen LogP contribution in [0, 0.1) is 11.3 Å². The van der Waals surface area contributed by atoms with Crippen molar-refractivity contribution in [2.45, 2.75) is 0 Å². The first kappa shape index (κ1) is 9.00. The number of aliphatic carboxylic acids is 1. The molecule has 5 nitrogen and oxygen atoms in total. The van der Waals surface area contributed by atoms with Gasteiger partial charge in [0, 0.05) is 13.2 Å². The van der Waals surface area contributed by atoms with Crippen LogP contribution in [0.3, 0.4) is 0 Å². The SMILES string of the molecule is Cn1nccc1/C=C(/C#N)C(=O)O. The van der Waals surface area contributed by atoms with Gasteiger partial charge in [-0.25, -0.2) is 4.79 Å². The molecule has 0 unspecified atom stereocenters. The van der Waals surface area contributed by atoms with Crippen LogP contribution in [0.15, 0.2) is 17.8 Å². The number of aryl methyl sites for hydroxylation is 1. The lowest BCUT2D eigenvalue weighted by molar-refractivity contribution is -0.132. The molecule has 0 spiro atoms. The van der Waals surface area contributed by atoms with E-state index in [1.54, 1.807) is 19.2 Å². The summed E-state index contributed by atoms with van der Waals surface area (Å²) in [6.07, 6.45) is 2.80. The van der Waals surface area contributed by atoms with Crippen molar-refractivity contribution >= 4 is 12.0 Å². The van der Waals surface area contributed by atoms with Crippen molar-refractivity contribution in [2.75, 3.05) is 0 Å². The lowest BCUT2D eigenvalue weighted by atomic mass is 10.2. The van der Waals surface area contributed by atoms with Crippen molar-refractivity contribution in [2.24, 2.45) is 7.05 Å². The number of nitrogens with zero attached hydrogens (tertiary/aromatic N) is 3. The molecule has 1 aromatic rings. The van der Waals surface area contributed by atoms with Crippen molar-refractivity contribution in [1.29, 1.82) is 5.26 Å². The summed E-state index contributed by atoms with van der Waals surface area (Å²) in [5.74, 6) is -1.23. The molecule has 0 atom stereocenters. The van der Waals surface area contributed by atoms with Crippen molar-refractivity contribution < 1.29 is 9.90 Å². The Morgan fingerprint density at radius 2 is 2.54 bits per heavy atom. The number of hydrogen-bond donors (Lipinski definition) is 1. The molecule has 0 aromatic carbocycles. The van der Waals surface area contributed by atoms with Gasteiger partial charge in [0.1, 0.15) is 11.6 Å². The number of rotatable bonds is 2. The highest BCUT2D eigenvalue weighted by atomic mass is 16.4. The summed E-state index contributed by atoms with van der Waals surface area (Å²) in [6, 6.07) is 3.21. The van der Waals surface area contributed by atoms with Gasteiger partial charge in [-0.3, -0.25) is 4.68 Å². The van der Waals surface area contributed by atoms with Crippen molar-refractivity contribution in [1.82, 2.24) is 9.78 Å². The zero-order chi connectivity index (χ0) is 9.84. The van der Waals surface area contributed by atoms with Gasteiger partial charge in [0.05, 0.1) is 5.69 Å². The molecule has 0 aliphatic carbocycles. The quantitative estimate of drug-likeness (QED) is 0.524. The predicted molar refractivity (Wildman–Crippen MR) is 44.4 cm³/mol. The lowest BCUT2D eigenvalue weighted by Crippen LogP contribution is -1.99. The van der Waals surface area contributed by atoms with Crippen molar-refractivity contribution in [3.05, 3.63) is 23.5 Å². The van der Waals surface area contributed by atoms with E-state index in [0.717, 1.165) is 0 Å². The van der Waals surface area contributed by atoms with E-state index in [0.29, 0.717) is 5.69 Å². The fourth-order valence-corrected chi connectivity index (χ4v) is 0.815. The van der Waals surface area contributed by atoms with Crippen LogP contribution in [-0.4, -0.2) is 20.9 Å². The Morgan fingerprint density at radius 1 is 1.85 bits per heavy atom. The molecule has 0 saturated carbocycles. The Labute approximate surface area is 74.5 Å². The van der Waals surface area contributed by atoms with E-state index < -0.39 is 5.97 Å². The van der Waals surface area contributed by atoms with E-state index in [4.69, 9.17) is 10.4 Å². The fraction of sp³-hybridized carbons (Fsp3) is 0.125. The van der Waals surface area contributed by atoms with Gasteiger partial charge < -0.3 is 5.11 Å². The molecule has 0 saturated heterocycles. The number of hydrogen-bond acceptors (Lipinski definition) is 3. The lowest BCUT2D eigenvalue weighted by Gasteiger charge is -1.93. The normalized spacial score (nSPS) is 10.9. The number of carbonyl (C=O) groups is 1. The van der Waals surface area contributed by atoms with Crippen LogP contribution in [0.1, 0.15) is 5.69 Å². The standard InChI is InChI=1S/C8H7N3O2/c1-11-7(2-3-10-11)4-6(5-9)8(12)13/h2-4H,1H3,(H,12,13)/b6-4-. The molecule has 66 valence electrons. The minimum Gasteiger partial charge on any atom is -0.477 e. The van der Waals surface area contributed by atoms with E-state index in [9.17, 15) is 4.79 Å². The summed E-state index contributed by atoms with van der Waals surface area (Å²) < 4.78 is 1.49. The minimum absolute atomic E-state index is 0.302. The number of carboxylic acids is 1. The fourth-order valence-electron chi connectivity index (χ4n) is 0.815. The molecule has 0 fully saturated rings. The first-order valence-corrected chi connectivity index (χ1v) is 3.48. The number of aromatic nitrogens is 2. The van der Waals surface area contributed by atoms with Gasteiger partial charge in [-0.2, -0.15) is 10.4 Å². The van der Waals surface area contributed by atoms with Crippen molar-refractivity contribution in [3.8, 4) is 6.07 Å². The third-order valence-corrected chi connectivity index (χ3v) is 1.50. The van der Waals surface area contributed by atoms with E-state index >= 15 is 0 Å². The molecule has 0 amide bonds. The van der Waals surface area contributed by atoms with Crippen molar-refractivity contribution in [3.63, 3.8) is 0 Å². The smallest absolute Gasteiger partial charge is 0.346 e. The molecule has 13 heavy (non-hydrogen) atoms. The second-order valence-electron chi connectivity index (χ2n) is 2.35. The summed E-state index contributed by atoms with van der Waals surface area (Å²) in [5.41, 5.74) is 0.280. The zero-order valence-electron chi connectivity index (χ0n) is 6.93. The maximum Gasteiger partial charge on any atom is 0.346 e. The summed E-state index contributed by atoms with van der Waals surface area (Å²) in [7, 11) is 1.67. The van der Waals surface area contributed by atoms with E-state index in [-0.39, 0.29) is 5.57 Å². The number of nitriles is 1. The molecule has 0 bridgehead atoms. The van der Waals surface area contributed by atoms with Crippen LogP contribution in [0.4, 0.5) is 0 Å². The maximum atomic E-state index is 10.4. The summed E-state index contributed by atoms with van der Waals surface area (Å²) >= 11 is 0. The van der Waals surface area contributed by atoms with Crippen LogP contribution in [0.2, 0.25) is 0 Å². The van der Waals surface area contributed by atoms with Gasteiger partial charge in [-0.1, -0.05) is 0 Å². The van der Waals surface area contributed by atoms with Gasteiger partial charge in [0.15, 0.2) is 0 Å². The van der Waals surface area contributed by atoms with Gasteiger partial charge >= 0.3 is 5.97 Å². The molecular formula is C8H7N3O2. The van der Waals surface area contributed by atoms with Crippen LogP contribution in [-0.2, 0) is 11.8 Å². The molecule has 0 radical (unpaired) electrons. The Balaban J connectivity index is 3.07. The van der Waals surface area contributed by atoms with E-state index in [1.165, 1.54) is 17.0 Å². The monoisotopic (exact) mass is 177 g/mol. The van der Waals surface area contributed by atoms with Gasteiger partial charge in [-0.15, -0.1) is 0 Å². The van der Waals surface area contributed by atoms with Gasteiger partial charge in [0.2, 0.25) is 0 Å². The van der Waals surface area contributed by atoms with Crippen LogP contribution >= 0.6 is 0 Å². The molecular weight excluding hydrogens is 170 g/mol. The average Bonchev–Trinajstić information content (AvgIpc) is 2.46. The molecule has 1 aromatic heterocycles. The van der Waals surface area contributed by atoms with Crippen LogP contribution in [0.25, 0.3) is 6.08 Å². The largest absolute Gasteiger partial charge is 0.477 e. The second kappa shape index (κ2) is 3.54. The molecule has 1 heterocycles. The summed E-state index contributed by atoms with van der Waals surface area (Å²) in [4.78, 5) is 10.4. The molecule has 1 rings (SSSR count). The zero-order valence-corrected chi connectivity index (χ0v) is 6.93. The first-order chi connectivity index (χ1) is 6.15. The average molecular weight is 177 g/mol. The third-order valence-electron chi connectivity index (χ3n) is 1.50. The highest BCUT2D eigenvalue weighted by Crippen LogP contribution is 2.04. The molecule has 1 N–H and O–H groups in total. The highest BCUT2D eigenvalue weighted by Gasteiger charge is 2.06. The summed E-state index contributed by atoms with van der Waals surface area (Å²) in [6.45, 7) is 0. The topological polar surface area (TPSA) is 78.9 Å². The maximum absolute atomic E-state index is 10.4. The van der Waals surface area contributed by atoms with Gasteiger partial charge in [0.25, 0.3) is 0 Å². The van der Waals surface area contributed by atoms with Gasteiger partial charge in [-0.05, 0) is 12.1 Å². The second-order valence-corrected chi connectivity index (χ2v) is 2.35. The van der Waals surface area contributed by atoms with E-state index in [2.05, 4.69) is 5.10 Å². The highest BCUT2D eigenvalue weighted by molar-refractivity contribution is 5.96. The van der Waals surface area contributed by atoms with Crippen LogP contribution in [0.5, 0.6) is 0 Å². The minimum atomic E-state index is -1.23. The first-order valence-electron chi connectivity index (χ1n) is 3.48. The molecule has 0 aliphatic rings. The Kier molecular flexibility index (Phi) is 2.45. The third kappa shape index (κ3) is 1.93. The Bertz CT molecular complexity index is 398. The van der Waals surface area contributed by atoms with E-state index in [1.807, 2.05) is 0 Å². The molecule has 5 heteroatoms. The van der Waals surface area contributed by atoms with Crippen LogP contribution < -0.4 is 0 Å². The predicted octanol–water partition coefficient (Wildman–Crippen LogP) is 0.412. The Hall–Kier alpha value is -2.09. The Morgan fingerprint density at radius 3 is 2.92 bits per heavy atom. The summed E-state index contributed by atoms with van der Waals surface area (Å²) in [5, 5.41) is 20.8. The molecule has 0 aliphatic heterocycles.